The van der Waals surface area contributed by atoms with E-state index in [9.17, 15) is 0 Å². The van der Waals surface area contributed by atoms with Crippen LogP contribution in [0.3, 0.4) is 0 Å². The minimum Gasteiger partial charge on any atom is -0.467 e. The van der Waals surface area contributed by atoms with Gasteiger partial charge in [-0.05, 0) is 43.2 Å². The Morgan fingerprint density at radius 3 is 2.78 bits per heavy atom. The Labute approximate surface area is 139 Å². The SMILES string of the molecule is CN=C(NCCCOCc1ccco1)N1CC2CCCCC2C1. The number of guanidine groups is 1. The highest BCUT2D eigenvalue weighted by Gasteiger charge is 2.35. The Balaban J connectivity index is 1.32. The van der Waals surface area contributed by atoms with Gasteiger partial charge in [-0.15, -0.1) is 0 Å². The average Bonchev–Trinajstić information content (AvgIpc) is 3.23. The van der Waals surface area contributed by atoms with Gasteiger partial charge in [-0.25, -0.2) is 0 Å². The molecule has 1 saturated carbocycles. The number of likely N-dealkylation sites (tertiary alicyclic amines) is 1. The van der Waals surface area contributed by atoms with Crippen molar-refractivity contribution in [2.24, 2.45) is 16.8 Å². The minimum atomic E-state index is 0.553. The molecule has 0 spiro atoms. The van der Waals surface area contributed by atoms with Crippen molar-refractivity contribution in [3.63, 3.8) is 0 Å². The highest BCUT2D eigenvalue weighted by atomic mass is 16.5. The van der Waals surface area contributed by atoms with Gasteiger partial charge in [0.2, 0.25) is 0 Å². The lowest BCUT2D eigenvalue weighted by molar-refractivity contribution is 0.104. The quantitative estimate of drug-likeness (QED) is 0.498. The molecule has 2 unspecified atom stereocenters. The van der Waals surface area contributed by atoms with Crippen LogP contribution in [0, 0.1) is 11.8 Å². The van der Waals surface area contributed by atoms with Crippen molar-refractivity contribution in [1.82, 2.24) is 10.2 Å². The summed E-state index contributed by atoms with van der Waals surface area (Å²) in [7, 11) is 1.89. The topological polar surface area (TPSA) is 50.0 Å². The molecule has 1 aromatic rings. The molecular formula is C18H29N3O2. The van der Waals surface area contributed by atoms with Gasteiger partial charge in [-0.2, -0.15) is 0 Å². The van der Waals surface area contributed by atoms with E-state index in [1.165, 1.54) is 38.8 Å². The van der Waals surface area contributed by atoms with Gasteiger partial charge in [0, 0.05) is 33.3 Å². The van der Waals surface area contributed by atoms with Crippen LogP contribution in [0.4, 0.5) is 0 Å². The van der Waals surface area contributed by atoms with Crippen molar-refractivity contribution in [3.05, 3.63) is 24.2 Å². The van der Waals surface area contributed by atoms with Crippen molar-refractivity contribution in [2.45, 2.75) is 38.7 Å². The van der Waals surface area contributed by atoms with E-state index in [0.717, 1.165) is 43.1 Å². The Morgan fingerprint density at radius 2 is 2.13 bits per heavy atom. The van der Waals surface area contributed by atoms with E-state index in [1.807, 2.05) is 19.2 Å². The van der Waals surface area contributed by atoms with Crippen molar-refractivity contribution < 1.29 is 9.15 Å². The second-order valence-electron chi connectivity index (χ2n) is 6.67. The zero-order valence-electron chi connectivity index (χ0n) is 14.2. The van der Waals surface area contributed by atoms with Gasteiger partial charge >= 0.3 is 0 Å². The van der Waals surface area contributed by atoms with Gasteiger partial charge in [0.25, 0.3) is 0 Å². The highest BCUT2D eigenvalue weighted by Crippen LogP contribution is 2.35. The first-order chi connectivity index (χ1) is 11.4. The summed E-state index contributed by atoms with van der Waals surface area (Å²) >= 11 is 0. The maximum atomic E-state index is 5.61. The fraction of sp³-hybridized carbons (Fsp3) is 0.722. The van der Waals surface area contributed by atoms with Crippen LogP contribution in [0.5, 0.6) is 0 Å². The van der Waals surface area contributed by atoms with Gasteiger partial charge in [0.05, 0.1) is 6.26 Å². The third-order valence-corrected chi connectivity index (χ3v) is 5.06. The first kappa shape index (κ1) is 16.4. The smallest absolute Gasteiger partial charge is 0.193 e. The molecule has 2 heterocycles. The maximum Gasteiger partial charge on any atom is 0.193 e. The largest absolute Gasteiger partial charge is 0.467 e. The Kier molecular flexibility index (Phi) is 5.97. The fourth-order valence-corrected chi connectivity index (χ4v) is 3.85. The summed E-state index contributed by atoms with van der Waals surface area (Å²) in [6.45, 7) is 4.54. The molecule has 1 N–H and O–H groups in total. The molecule has 1 saturated heterocycles. The molecule has 0 aromatic carbocycles. The van der Waals surface area contributed by atoms with Crippen molar-refractivity contribution in [1.29, 1.82) is 0 Å². The average molecular weight is 319 g/mol. The molecular weight excluding hydrogens is 290 g/mol. The summed E-state index contributed by atoms with van der Waals surface area (Å²) in [4.78, 5) is 6.91. The van der Waals surface area contributed by atoms with E-state index in [-0.39, 0.29) is 0 Å². The predicted molar refractivity (Wildman–Crippen MR) is 91.4 cm³/mol. The van der Waals surface area contributed by atoms with E-state index in [0.29, 0.717) is 6.61 Å². The number of fused-ring (bicyclic) bond motifs is 1. The molecule has 2 atom stereocenters. The van der Waals surface area contributed by atoms with Crippen LogP contribution in [-0.2, 0) is 11.3 Å². The van der Waals surface area contributed by atoms with Gasteiger partial charge in [-0.3, -0.25) is 4.99 Å². The van der Waals surface area contributed by atoms with Crippen molar-refractivity contribution in [3.8, 4) is 0 Å². The van der Waals surface area contributed by atoms with Crippen molar-refractivity contribution in [2.75, 3.05) is 33.3 Å². The molecule has 5 heteroatoms. The van der Waals surface area contributed by atoms with Crippen LogP contribution in [-0.4, -0.2) is 44.1 Å². The molecule has 2 aliphatic rings. The third-order valence-electron chi connectivity index (χ3n) is 5.06. The Morgan fingerprint density at radius 1 is 1.35 bits per heavy atom. The number of rotatable bonds is 6. The molecule has 0 bridgehead atoms. The number of ether oxygens (including phenoxy) is 1. The standard InChI is InChI=1S/C18H29N3O2/c1-19-18(21-12-15-6-2-3-7-16(15)13-21)20-9-5-10-22-14-17-8-4-11-23-17/h4,8,11,15-16H,2-3,5-7,9-10,12-14H2,1H3,(H,19,20). The minimum absolute atomic E-state index is 0.553. The number of nitrogens with zero attached hydrogens (tertiary/aromatic N) is 2. The summed E-state index contributed by atoms with van der Waals surface area (Å²) in [5.41, 5.74) is 0. The van der Waals surface area contributed by atoms with Gasteiger partial charge in [-0.1, -0.05) is 12.8 Å². The first-order valence-corrected chi connectivity index (χ1v) is 8.92. The third kappa shape index (κ3) is 4.50. The second-order valence-corrected chi connectivity index (χ2v) is 6.67. The fourth-order valence-electron chi connectivity index (χ4n) is 3.85. The summed E-state index contributed by atoms with van der Waals surface area (Å²) in [5.74, 6) is 3.72. The second kappa shape index (κ2) is 8.39. The van der Waals surface area contributed by atoms with E-state index in [1.54, 1.807) is 6.26 Å². The zero-order chi connectivity index (χ0) is 15.9. The highest BCUT2D eigenvalue weighted by molar-refractivity contribution is 5.80. The van der Waals surface area contributed by atoms with Crippen LogP contribution in [0.1, 0.15) is 37.9 Å². The van der Waals surface area contributed by atoms with Gasteiger partial charge in [0.1, 0.15) is 12.4 Å². The van der Waals surface area contributed by atoms with Crippen LogP contribution in [0.2, 0.25) is 0 Å². The number of hydrogen-bond acceptors (Lipinski definition) is 3. The lowest BCUT2D eigenvalue weighted by atomic mass is 9.82. The van der Waals surface area contributed by atoms with Crippen LogP contribution in [0.15, 0.2) is 27.8 Å². The summed E-state index contributed by atoms with van der Waals surface area (Å²) in [5, 5.41) is 3.49. The van der Waals surface area contributed by atoms with E-state index in [2.05, 4.69) is 15.2 Å². The molecule has 128 valence electrons. The van der Waals surface area contributed by atoms with Gasteiger partial charge in [0.15, 0.2) is 5.96 Å². The number of aliphatic imine (C=N–C) groups is 1. The molecule has 1 aromatic heterocycles. The van der Waals surface area contributed by atoms with Crippen LogP contribution >= 0.6 is 0 Å². The Bertz CT molecular complexity index is 472. The normalized spacial score (nSPS) is 24.7. The van der Waals surface area contributed by atoms with Crippen molar-refractivity contribution >= 4 is 5.96 Å². The van der Waals surface area contributed by atoms with Gasteiger partial charge < -0.3 is 19.4 Å². The maximum absolute atomic E-state index is 5.61. The molecule has 3 rings (SSSR count). The molecule has 1 aliphatic carbocycles. The number of furan rings is 1. The summed E-state index contributed by atoms with van der Waals surface area (Å²) in [6, 6.07) is 3.82. The van der Waals surface area contributed by atoms with Crippen LogP contribution in [0.25, 0.3) is 0 Å². The van der Waals surface area contributed by atoms with E-state index >= 15 is 0 Å². The van der Waals surface area contributed by atoms with Crippen LogP contribution < -0.4 is 5.32 Å². The molecule has 2 fully saturated rings. The lowest BCUT2D eigenvalue weighted by Gasteiger charge is -2.22. The van der Waals surface area contributed by atoms with E-state index < -0.39 is 0 Å². The molecule has 0 amide bonds. The predicted octanol–water partition coefficient (Wildman–Crippen LogP) is 2.88. The number of nitrogens with one attached hydrogen (secondary N) is 1. The lowest BCUT2D eigenvalue weighted by Crippen LogP contribution is -2.40. The molecule has 0 radical (unpaired) electrons. The molecule has 23 heavy (non-hydrogen) atoms. The number of hydrogen-bond donors (Lipinski definition) is 1. The first-order valence-electron chi connectivity index (χ1n) is 8.92. The monoisotopic (exact) mass is 319 g/mol. The Hall–Kier alpha value is -1.49. The summed E-state index contributed by atoms with van der Waals surface area (Å²) < 4.78 is 10.9. The molecule has 1 aliphatic heterocycles. The summed E-state index contributed by atoms with van der Waals surface area (Å²) in [6.07, 6.45) is 8.28. The zero-order valence-corrected chi connectivity index (χ0v) is 14.2. The van der Waals surface area contributed by atoms with E-state index in [4.69, 9.17) is 9.15 Å². The molecule has 5 nitrogen and oxygen atoms in total.